The van der Waals surface area contributed by atoms with Gasteiger partial charge in [-0.2, -0.15) is 0 Å². The number of carbonyl (C=O) groups is 1. The molecule has 1 aromatic rings. The summed E-state index contributed by atoms with van der Waals surface area (Å²) in [6.45, 7) is 4.51. The number of nitrogens with zero attached hydrogens (tertiary/aromatic N) is 1. The molecule has 4 heteroatoms. The Morgan fingerprint density at radius 2 is 1.96 bits per heavy atom. The number of hydrogen-bond acceptors (Lipinski definition) is 2. The molecule has 0 aromatic heterocycles. The Bertz CT molecular complexity index is 534. The van der Waals surface area contributed by atoms with E-state index < -0.39 is 6.10 Å². The molecule has 1 heterocycles. The Balaban J connectivity index is 1.44. The molecule has 2 fully saturated rings. The molecule has 1 atom stereocenters. The van der Waals surface area contributed by atoms with Crippen molar-refractivity contribution in [3.63, 3.8) is 0 Å². The summed E-state index contributed by atoms with van der Waals surface area (Å²) in [6, 6.07) is 9.93. The van der Waals surface area contributed by atoms with Crippen LogP contribution in [0.15, 0.2) is 30.3 Å². The van der Waals surface area contributed by atoms with E-state index >= 15 is 0 Å². The van der Waals surface area contributed by atoms with Crippen LogP contribution in [0.4, 0.5) is 4.79 Å². The zero-order chi connectivity index (χ0) is 17.0. The molecule has 132 valence electrons. The number of rotatable bonds is 6. The number of carbonyl (C=O) groups excluding carboxylic acids is 1. The second kappa shape index (κ2) is 7.56. The third-order valence-corrected chi connectivity index (χ3v) is 5.77. The fourth-order valence-electron chi connectivity index (χ4n) is 3.94. The van der Waals surface area contributed by atoms with Crippen molar-refractivity contribution in [2.45, 2.75) is 51.6 Å². The summed E-state index contributed by atoms with van der Waals surface area (Å²) < 4.78 is 0. The Morgan fingerprint density at radius 3 is 2.54 bits per heavy atom. The van der Waals surface area contributed by atoms with Gasteiger partial charge in [-0.3, -0.25) is 0 Å². The number of aliphatic hydroxyl groups excluding tert-OH is 1. The van der Waals surface area contributed by atoms with Gasteiger partial charge in [-0.1, -0.05) is 43.7 Å². The van der Waals surface area contributed by atoms with Gasteiger partial charge in [-0.05, 0) is 49.0 Å². The summed E-state index contributed by atoms with van der Waals surface area (Å²) in [6.07, 6.45) is 6.24. The highest BCUT2D eigenvalue weighted by Crippen LogP contribution is 2.48. The SMILES string of the molecule is CCCC1(CNC(=O)N2CCC(C(O)c3ccccc3)CC2)CC1. The first-order chi connectivity index (χ1) is 11.6. The molecule has 0 radical (unpaired) electrons. The Hall–Kier alpha value is -1.55. The zero-order valence-electron chi connectivity index (χ0n) is 14.7. The molecular weight excluding hydrogens is 300 g/mol. The minimum absolute atomic E-state index is 0.0741. The molecule has 1 saturated carbocycles. The van der Waals surface area contributed by atoms with E-state index in [1.807, 2.05) is 35.2 Å². The van der Waals surface area contributed by atoms with Gasteiger partial charge < -0.3 is 15.3 Å². The van der Waals surface area contributed by atoms with Crippen molar-refractivity contribution in [3.05, 3.63) is 35.9 Å². The highest BCUT2D eigenvalue weighted by Gasteiger charge is 2.41. The van der Waals surface area contributed by atoms with Crippen molar-refractivity contribution in [1.29, 1.82) is 0 Å². The average molecular weight is 330 g/mol. The van der Waals surface area contributed by atoms with Gasteiger partial charge in [0.15, 0.2) is 0 Å². The van der Waals surface area contributed by atoms with Crippen LogP contribution in [-0.4, -0.2) is 35.7 Å². The summed E-state index contributed by atoms with van der Waals surface area (Å²) in [4.78, 5) is 14.3. The predicted octanol–water partition coefficient (Wildman–Crippen LogP) is 3.72. The fraction of sp³-hybridized carbons (Fsp3) is 0.650. The number of benzene rings is 1. The van der Waals surface area contributed by atoms with Crippen LogP contribution in [0.25, 0.3) is 0 Å². The van der Waals surface area contributed by atoms with E-state index in [0.717, 1.165) is 38.0 Å². The Labute approximate surface area is 145 Å². The van der Waals surface area contributed by atoms with Gasteiger partial charge in [-0.15, -0.1) is 0 Å². The monoisotopic (exact) mass is 330 g/mol. The van der Waals surface area contributed by atoms with Crippen LogP contribution in [0.2, 0.25) is 0 Å². The molecule has 1 aliphatic carbocycles. The van der Waals surface area contributed by atoms with Crippen molar-refractivity contribution in [2.75, 3.05) is 19.6 Å². The number of urea groups is 1. The van der Waals surface area contributed by atoms with E-state index in [4.69, 9.17) is 0 Å². The highest BCUT2D eigenvalue weighted by atomic mass is 16.3. The third-order valence-electron chi connectivity index (χ3n) is 5.77. The summed E-state index contributed by atoms with van der Waals surface area (Å²) in [7, 11) is 0. The lowest BCUT2D eigenvalue weighted by atomic mass is 9.87. The molecule has 2 aliphatic rings. The van der Waals surface area contributed by atoms with Crippen molar-refractivity contribution < 1.29 is 9.90 Å². The van der Waals surface area contributed by atoms with Crippen molar-refractivity contribution in [1.82, 2.24) is 10.2 Å². The molecule has 1 unspecified atom stereocenters. The van der Waals surface area contributed by atoms with Gasteiger partial charge in [0.2, 0.25) is 0 Å². The smallest absolute Gasteiger partial charge is 0.317 e. The number of amides is 2. The molecule has 1 saturated heterocycles. The average Bonchev–Trinajstić information content (AvgIpc) is 3.40. The van der Waals surface area contributed by atoms with E-state index in [9.17, 15) is 9.90 Å². The molecule has 1 aliphatic heterocycles. The van der Waals surface area contributed by atoms with Crippen LogP contribution in [0.3, 0.4) is 0 Å². The molecule has 4 nitrogen and oxygen atoms in total. The Morgan fingerprint density at radius 1 is 1.29 bits per heavy atom. The van der Waals surface area contributed by atoms with Gasteiger partial charge in [0, 0.05) is 19.6 Å². The van der Waals surface area contributed by atoms with Crippen molar-refractivity contribution in [2.24, 2.45) is 11.3 Å². The van der Waals surface area contributed by atoms with E-state index in [1.54, 1.807) is 0 Å². The fourth-order valence-corrected chi connectivity index (χ4v) is 3.94. The zero-order valence-corrected chi connectivity index (χ0v) is 14.7. The van der Waals surface area contributed by atoms with Gasteiger partial charge in [-0.25, -0.2) is 4.79 Å². The molecular formula is C20H30N2O2. The topological polar surface area (TPSA) is 52.6 Å². The first-order valence-electron chi connectivity index (χ1n) is 9.39. The highest BCUT2D eigenvalue weighted by molar-refractivity contribution is 5.74. The summed E-state index contributed by atoms with van der Waals surface area (Å²) in [5, 5.41) is 13.7. The van der Waals surface area contributed by atoms with Gasteiger partial charge >= 0.3 is 6.03 Å². The summed E-state index contributed by atoms with van der Waals surface area (Å²) in [5.41, 5.74) is 1.38. The largest absolute Gasteiger partial charge is 0.388 e. The van der Waals surface area contributed by atoms with Crippen LogP contribution in [0, 0.1) is 11.3 Å². The number of piperidine rings is 1. The minimum Gasteiger partial charge on any atom is -0.388 e. The molecule has 2 N–H and O–H groups in total. The minimum atomic E-state index is -0.421. The number of nitrogens with one attached hydrogen (secondary N) is 1. The second-order valence-corrected chi connectivity index (χ2v) is 7.59. The van der Waals surface area contributed by atoms with Gasteiger partial charge in [0.05, 0.1) is 6.10 Å². The lowest BCUT2D eigenvalue weighted by Crippen LogP contribution is -2.46. The molecule has 1 aromatic carbocycles. The van der Waals surface area contributed by atoms with Crippen LogP contribution in [0.5, 0.6) is 0 Å². The standard InChI is InChI=1S/C20H30N2O2/c1-2-10-20(11-12-20)15-21-19(24)22-13-8-17(9-14-22)18(23)16-6-4-3-5-7-16/h3-7,17-18,23H,2,8-15H2,1H3,(H,21,24). The summed E-state index contributed by atoms with van der Waals surface area (Å²) >= 11 is 0. The molecule has 24 heavy (non-hydrogen) atoms. The maximum Gasteiger partial charge on any atom is 0.317 e. The molecule has 0 bridgehead atoms. The van der Waals surface area contributed by atoms with Crippen molar-refractivity contribution in [3.8, 4) is 0 Å². The molecule has 0 spiro atoms. The van der Waals surface area contributed by atoms with E-state index in [1.165, 1.54) is 25.7 Å². The first-order valence-corrected chi connectivity index (χ1v) is 9.39. The maximum absolute atomic E-state index is 12.4. The number of likely N-dealkylation sites (tertiary alicyclic amines) is 1. The van der Waals surface area contributed by atoms with Crippen LogP contribution in [-0.2, 0) is 0 Å². The van der Waals surface area contributed by atoms with E-state index in [2.05, 4.69) is 12.2 Å². The van der Waals surface area contributed by atoms with E-state index in [0.29, 0.717) is 5.41 Å². The quantitative estimate of drug-likeness (QED) is 0.835. The van der Waals surface area contributed by atoms with Crippen LogP contribution in [0.1, 0.15) is 57.1 Å². The molecule has 3 rings (SSSR count). The lowest BCUT2D eigenvalue weighted by Gasteiger charge is -2.34. The predicted molar refractivity (Wildman–Crippen MR) is 95.7 cm³/mol. The maximum atomic E-state index is 12.4. The second-order valence-electron chi connectivity index (χ2n) is 7.59. The summed E-state index contributed by atoms with van der Waals surface area (Å²) in [5.74, 6) is 0.242. The number of aliphatic hydroxyl groups is 1. The van der Waals surface area contributed by atoms with Gasteiger partial charge in [0.1, 0.15) is 0 Å². The van der Waals surface area contributed by atoms with Crippen molar-refractivity contribution >= 4 is 6.03 Å². The first kappa shape index (κ1) is 17.3. The third kappa shape index (κ3) is 4.10. The number of hydrogen-bond donors (Lipinski definition) is 2. The lowest BCUT2D eigenvalue weighted by molar-refractivity contribution is 0.0663. The van der Waals surface area contributed by atoms with E-state index in [-0.39, 0.29) is 11.9 Å². The van der Waals surface area contributed by atoms with Crippen LogP contribution >= 0.6 is 0 Å². The normalized spacial score (nSPS) is 21.3. The van der Waals surface area contributed by atoms with Gasteiger partial charge in [0.25, 0.3) is 0 Å². The van der Waals surface area contributed by atoms with Crippen LogP contribution < -0.4 is 5.32 Å². The Kier molecular flexibility index (Phi) is 5.44. The molecule has 2 amide bonds.